The van der Waals surface area contributed by atoms with Crippen LogP contribution in [0.15, 0.2) is 42.9 Å². The average molecular weight is 231 g/mol. The summed E-state index contributed by atoms with van der Waals surface area (Å²) in [6, 6.07) is 7.03. The second kappa shape index (κ2) is 4.67. The van der Waals surface area contributed by atoms with Crippen molar-refractivity contribution in [2.45, 2.75) is 0 Å². The van der Waals surface area contributed by atoms with E-state index >= 15 is 0 Å². The zero-order chi connectivity index (χ0) is 11.4. The van der Waals surface area contributed by atoms with Gasteiger partial charge in [-0.05, 0) is 18.2 Å². The molecule has 0 aromatic carbocycles. The lowest BCUT2D eigenvalue weighted by molar-refractivity contribution is 0.479. The van der Waals surface area contributed by atoms with Crippen LogP contribution in [0.2, 0.25) is 0 Å². The molecule has 4 nitrogen and oxygen atoms in total. The molecule has 2 rings (SSSR count). The Balaban J connectivity index is 2.22. The van der Waals surface area contributed by atoms with E-state index in [1.54, 1.807) is 36.8 Å². The van der Waals surface area contributed by atoms with E-state index in [2.05, 4.69) is 9.97 Å². The third-order valence-corrected chi connectivity index (χ3v) is 2.06. The zero-order valence-corrected chi connectivity index (χ0v) is 9.15. The predicted octanol–water partition coefficient (Wildman–Crippen LogP) is 1.90. The van der Waals surface area contributed by atoms with Crippen LogP contribution in [0.4, 0.5) is 0 Å². The summed E-state index contributed by atoms with van der Waals surface area (Å²) < 4.78 is 5.55. The molecule has 0 spiro atoms. The number of hydrogen-bond donors (Lipinski definition) is 1. The molecule has 0 fully saturated rings. The van der Waals surface area contributed by atoms with E-state index in [0.717, 1.165) is 0 Å². The van der Waals surface area contributed by atoms with Crippen LogP contribution in [0.25, 0.3) is 0 Å². The van der Waals surface area contributed by atoms with E-state index in [-0.39, 0.29) is 4.99 Å². The van der Waals surface area contributed by atoms with Crippen molar-refractivity contribution < 1.29 is 4.74 Å². The molecule has 0 amide bonds. The van der Waals surface area contributed by atoms with Gasteiger partial charge in [-0.2, -0.15) is 0 Å². The van der Waals surface area contributed by atoms with Gasteiger partial charge in [-0.15, -0.1) is 0 Å². The topological polar surface area (TPSA) is 61.0 Å². The van der Waals surface area contributed by atoms with Gasteiger partial charge in [-0.3, -0.25) is 9.97 Å². The summed E-state index contributed by atoms with van der Waals surface area (Å²) in [5.41, 5.74) is 6.02. The summed E-state index contributed by atoms with van der Waals surface area (Å²) >= 11 is 4.83. The van der Waals surface area contributed by atoms with E-state index in [4.69, 9.17) is 22.7 Å². The lowest BCUT2D eigenvalue weighted by Gasteiger charge is -2.05. The van der Waals surface area contributed by atoms with Crippen molar-refractivity contribution in [3.63, 3.8) is 0 Å². The molecule has 0 atom stereocenters. The van der Waals surface area contributed by atoms with Crippen LogP contribution < -0.4 is 10.5 Å². The van der Waals surface area contributed by atoms with E-state index < -0.39 is 0 Å². The average Bonchev–Trinajstić information content (AvgIpc) is 2.30. The number of thiocarbonyl (C=S) groups is 1. The first-order valence-corrected chi connectivity index (χ1v) is 5.00. The normalized spacial score (nSPS) is 9.75. The summed E-state index contributed by atoms with van der Waals surface area (Å²) in [6.07, 6.45) is 4.90. The minimum Gasteiger partial charge on any atom is -0.456 e. The maximum absolute atomic E-state index is 5.55. The van der Waals surface area contributed by atoms with Gasteiger partial charge in [0.15, 0.2) is 0 Å². The Hall–Kier alpha value is -2.01. The highest BCUT2D eigenvalue weighted by Gasteiger charge is 2.01. The zero-order valence-electron chi connectivity index (χ0n) is 8.33. The molecule has 80 valence electrons. The lowest BCUT2D eigenvalue weighted by atomic mass is 10.3. The molecule has 0 unspecified atom stereocenters. The SMILES string of the molecule is NC(=S)c1cc(Oc2cccnc2)ccn1. The Labute approximate surface area is 98.1 Å². The summed E-state index contributed by atoms with van der Waals surface area (Å²) in [4.78, 5) is 8.21. The third kappa shape index (κ3) is 2.52. The van der Waals surface area contributed by atoms with Gasteiger partial charge in [0.05, 0.1) is 6.20 Å². The number of aromatic nitrogens is 2. The van der Waals surface area contributed by atoms with E-state index in [9.17, 15) is 0 Å². The van der Waals surface area contributed by atoms with Gasteiger partial charge in [0, 0.05) is 18.5 Å². The molecule has 0 radical (unpaired) electrons. The van der Waals surface area contributed by atoms with Crippen molar-refractivity contribution >= 4 is 17.2 Å². The van der Waals surface area contributed by atoms with Crippen LogP contribution in [0.1, 0.15) is 5.69 Å². The van der Waals surface area contributed by atoms with Gasteiger partial charge in [0.1, 0.15) is 22.2 Å². The van der Waals surface area contributed by atoms with Crippen molar-refractivity contribution in [2.75, 3.05) is 0 Å². The Morgan fingerprint density at radius 3 is 2.81 bits per heavy atom. The molecule has 5 heteroatoms. The number of nitrogens with two attached hydrogens (primary N) is 1. The minimum absolute atomic E-state index is 0.247. The van der Waals surface area contributed by atoms with Crippen molar-refractivity contribution in [3.8, 4) is 11.5 Å². The largest absolute Gasteiger partial charge is 0.456 e. The number of rotatable bonds is 3. The highest BCUT2D eigenvalue weighted by atomic mass is 32.1. The van der Waals surface area contributed by atoms with E-state index in [1.807, 2.05) is 6.07 Å². The molecule has 0 aliphatic heterocycles. The number of hydrogen-bond acceptors (Lipinski definition) is 4. The molecule has 0 saturated heterocycles. The number of nitrogens with zero attached hydrogens (tertiary/aromatic N) is 2. The monoisotopic (exact) mass is 231 g/mol. The van der Waals surface area contributed by atoms with Crippen LogP contribution in [0.3, 0.4) is 0 Å². The Morgan fingerprint density at radius 2 is 2.12 bits per heavy atom. The number of pyridine rings is 2. The second-order valence-electron chi connectivity index (χ2n) is 3.03. The van der Waals surface area contributed by atoms with Gasteiger partial charge in [-0.1, -0.05) is 12.2 Å². The van der Waals surface area contributed by atoms with Crippen LogP contribution in [0, 0.1) is 0 Å². The first kappa shape index (κ1) is 10.5. The van der Waals surface area contributed by atoms with E-state index in [1.165, 1.54) is 0 Å². The minimum atomic E-state index is 0.247. The lowest BCUT2D eigenvalue weighted by Crippen LogP contribution is -2.11. The smallest absolute Gasteiger partial charge is 0.145 e. The maximum atomic E-state index is 5.55. The fourth-order valence-corrected chi connectivity index (χ4v) is 1.26. The Morgan fingerprint density at radius 1 is 1.25 bits per heavy atom. The van der Waals surface area contributed by atoms with Gasteiger partial charge >= 0.3 is 0 Å². The van der Waals surface area contributed by atoms with E-state index in [0.29, 0.717) is 17.2 Å². The summed E-state index contributed by atoms with van der Waals surface area (Å²) in [5.74, 6) is 1.29. The van der Waals surface area contributed by atoms with Crippen molar-refractivity contribution in [1.29, 1.82) is 0 Å². The van der Waals surface area contributed by atoms with Crippen LogP contribution in [-0.4, -0.2) is 15.0 Å². The van der Waals surface area contributed by atoms with Crippen LogP contribution in [-0.2, 0) is 0 Å². The summed E-state index contributed by atoms with van der Waals surface area (Å²) in [5, 5.41) is 0. The van der Waals surface area contributed by atoms with Crippen molar-refractivity contribution in [1.82, 2.24) is 9.97 Å². The first-order chi connectivity index (χ1) is 7.75. The first-order valence-electron chi connectivity index (χ1n) is 4.59. The maximum Gasteiger partial charge on any atom is 0.145 e. The molecule has 0 bridgehead atoms. The van der Waals surface area contributed by atoms with Crippen molar-refractivity contribution in [2.24, 2.45) is 5.73 Å². The molecule has 2 aromatic heterocycles. The Bertz CT molecular complexity index is 502. The van der Waals surface area contributed by atoms with Crippen LogP contribution in [0.5, 0.6) is 11.5 Å². The summed E-state index contributed by atoms with van der Waals surface area (Å²) in [6.45, 7) is 0. The second-order valence-corrected chi connectivity index (χ2v) is 3.47. The van der Waals surface area contributed by atoms with Crippen molar-refractivity contribution in [3.05, 3.63) is 48.5 Å². The highest BCUT2D eigenvalue weighted by molar-refractivity contribution is 7.80. The molecule has 2 N–H and O–H groups in total. The third-order valence-electron chi connectivity index (χ3n) is 1.85. The standard InChI is InChI=1S/C11H9N3OS/c12-11(16)10-6-8(3-5-14-10)15-9-2-1-4-13-7-9/h1-7H,(H2,12,16). The molecule has 2 heterocycles. The fraction of sp³-hybridized carbons (Fsp3) is 0. The van der Waals surface area contributed by atoms with Gasteiger partial charge in [-0.25, -0.2) is 0 Å². The molecule has 0 aliphatic carbocycles. The van der Waals surface area contributed by atoms with Gasteiger partial charge in [0.25, 0.3) is 0 Å². The van der Waals surface area contributed by atoms with Gasteiger partial charge < -0.3 is 10.5 Å². The van der Waals surface area contributed by atoms with Gasteiger partial charge in [0.2, 0.25) is 0 Å². The predicted molar refractivity (Wildman–Crippen MR) is 64.4 cm³/mol. The van der Waals surface area contributed by atoms with Crippen LogP contribution >= 0.6 is 12.2 Å². The molecular formula is C11H9N3OS. The Kier molecular flexibility index (Phi) is 3.07. The highest BCUT2D eigenvalue weighted by Crippen LogP contribution is 2.19. The molecule has 2 aromatic rings. The molecule has 0 aliphatic rings. The molecular weight excluding hydrogens is 222 g/mol. The quantitative estimate of drug-likeness (QED) is 0.817. The molecule has 16 heavy (non-hydrogen) atoms. The fourth-order valence-electron chi connectivity index (χ4n) is 1.15. The number of ether oxygens (including phenoxy) is 1. The molecule has 0 saturated carbocycles. The summed E-state index contributed by atoms with van der Waals surface area (Å²) in [7, 11) is 0.